The van der Waals surface area contributed by atoms with Crippen LogP contribution < -0.4 is 0 Å². The second-order valence-electron chi connectivity index (χ2n) is 5.73. The highest BCUT2D eigenvalue weighted by molar-refractivity contribution is 6.69. The van der Waals surface area contributed by atoms with Crippen LogP contribution in [0.25, 0.3) is 0 Å². The van der Waals surface area contributed by atoms with Crippen LogP contribution in [-0.2, 0) is 10.2 Å². The summed E-state index contributed by atoms with van der Waals surface area (Å²) in [6.07, 6.45) is 4.74. The first-order chi connectivity index (χ1) is 9.78. The van der Waals surface area contributed by atoms with Gasteiger partial charge in [-0.15, -0.1) is 11.6 Å². The van der Waals surface area contributed by atoms with Crippen molar-refractivity contribution in [2.24, 2.45) is 0 Å². The average Bonchev–Trinajstić information content (AvgIpc) is 2.89. The molecule has 3 nitrogen and oxygen atoms in total. The largest absolute Gasteiger partial charge is 0.391 e. The minimum atomic E-state index is -2.08. The second kappa shape index (κ2) is 5.86. The number of rotatable bonds is 5. The Balaban J connectivity index is 2.64. The van der Waals surface area contributed by atoms with E-state index in [9.17, 15) is 8.78 Å². The van der Waals surface area contributed by atoms with Crippen molar-refractivity contribution in [3.63, 3.8) is 0 Å². The summed E-state index contributed by atoms with van der Waals surface area (Å²) < 4.78 is 35.3. The lowest BCUT2D eigenvalue weighted by Crippen LogP contribution is -2.47. The number of nitrogens with zero attached hydrogens (tertiary/aromatic N) is 2. The molecule has 0 spiro atoms. The molecule has 0 fully saturated rings. The van der Waals surface area contributed by atoms with Crippen molar-refractivity contribution in [1.82, 2.24) is 9.55 Å². The highest BCUT2D eigenvalue weighted by atomic mass is 35.5. The molecule has 21 heavy (non-hydrogen) atoms. The van der Waals surface area contributed by atoms with Crippen molar-refractivity contribution in [3.8, 4) is 0 Å². The van der Waals surface area contributed by atoms with Gasteiger partial charge < -0.3 is 8.99 Å². The number of benzene rings is 1. The summed E-state index contributed by atoms with van der Waals surface area (Å²) >= 11 is 6.16. The van der Waals surface area contributed by atoms with Crippen LogP contribution in [0.4, 0.5) is 8.78 Å². The van der Waals surface area contributed by atoms with Gasteiger partial charge in [0.05, 0.1) is 12.2 Å². The van der Waals surface area contributed by atoms with Crippen molar-refractivity contribution in [2.45, 2.75) is 25.4 Å². The first-order valence-corrected chi connectivity index (χ1v) is 10.4. The molecule has 0 amide bonds. The lowest BCUT2D eigenvalue weighted by molar-refractivity contribution is 0.0458. The zero-order valence-corrected chi connectivity index (χ0v) is 13.9. The minimum Gasteiger partial charge on any atom is -0.391 e. The van der Waals surface area contributed by atoms with Crippen LogP contribution in [0.5, 0.6) is 0 Å². The molecule has 0 saturated heterocycles. The Kier molecular flexibility index (Phi) is 4.51. The number of aromatic nitrogens is 2. The van der Waals surface area contributed by atoms with Crippen molar-refractivity contribution >= 4 is 19.9 Å². The molecule has 1 heterocycles. The molecule has 1 aromatic carbocycles. The van der Waals surface area contributed by atoms with Gasteiger partial charge >= 0.3 is 0 Å². The molecule has 2 aromatic rings. The van der Waals surface area contributed by atoms with Gasteiger partial charge in [-0.05, 0) is 31.8 Å². The maximum Gasteiger partial charge on any atom is 0.187 e. The Morgan fingerprint density at radius 2 is 2.05 bits per heavy atom. The molecule has 0 aliphatic carbocycles. The fraction of sp³-hybridized carbons (Fsp3) is 0.357. The summed E-state index contributed by atoms with van der Waals surface area (Å²) in [4.78, 5) is 3.98. The van der Waals surface area contributed by atoms with Gasteiger partial charge in [-0.25, -0.2) is 13.8 Å². The van der Waals surface area contributed by atoms with Gasteiger partial charge in [0.15, 0.2) is 14.0 Å². The van der Waals surface area contributed by atoms with E-state index < -0.39 is 25.7 Å². The van der Waals surface area contributed by atoms with E-state index in [-0.39, 0.29) is 11.4 Å². The molecular weight excluding hydrogens is 314 g/mol. The van der Waals surface area contributed by atoms with Crippen molar-refractivity contribution < 1.29 is 13.2 Å². The predicted molar refractivity (Wildman–Crippen MR) is 80.8 cm³/mol. The Morgan fingerprint density at radius 3 is 2.52 bits per heavy atom. The third kappa shape index (κ3) is 3.33. The second-order valence-corrected chi connectivity index (χ2v) is 10.4. The average molecular weight is 331 g/mol. The van der Waals surface area contributed by atoms with E-state index in [1.807, 2.05) is 19.6 Å². The maximum absolute atomic E-state index is 14.3. The van der Waals surface area contributed by atoms with Gasteiger partial charge in [-0.1, -0.05) is 0 Å². The summed E-state index contributed by atoms with van der Waals surface area (Å²) in [6.45, 7) is 5.94. The quantitative estimate of drug-likeness (QED) is 0.613. The molecule has 0 N–H and O–H groups in total. The number of hydrogen-bond donors (Lipinski definition) is 0. The molecule has 114 valence electrons. The molecule has 1 unspecified atom stereocenters. The van der Waals surface area contributed by atoms with E-state index in [0.29, 0.717) is 0 Å². The van der Waals surface area contributed by atoms with Gasteiger partial charge in [-0.3, -0.25) is 0 Å². The molecule has 0 aliphatic heterocycles. The standard InChI is InChI=1S/C14H17ClF2N2OSi/c1-21(2,3)20-14(9-15,19-7-6-18-10-19)12-5-4-11(16)8-13(12)17/h4-8,10H,9H2,1-3H3. The summed E-state index contributed by atoms with van der Waals surface area (Å²) in [5.41, 5.74) is -1.04. The van der Waals surface area contributed by atoms with E-state index >= 15 is 0 Å². The van der Waals surface area contributed by atoms with Crippen LogP contribution >= 0.6 is 11.6 Å². The lowest BCUT2D eigenvalue weighted by atomic mass is 10.0. The van der Waals surface area contributed by atoms with Crippen LogP contribution in [0.3, 0.4) is 0 Å². The number of hydrogen-bond acceptors (Lipinski definition) is 2. The van der Waals surface area contributed by atoms with E-state index in [1.54, 1.807) is 17.0 Å². The van der Waals surface area contributed by atoms with Crippen molar-refractivity contribution in [3.05, 3.63) is 54.1 Å². The normalized spacial score (nSPS) is 15.0. The van der Waals surface area contributed by atoms with E-state index in [0.717, 1.165) is 6.07 Å². The molecule has 1 aromatic heterocycles. The summed E-state index contributed by atoms with van der Waals surface area (Å²) in [6, 6.07) is 3.40. The number of imidazole rings is 1. The molecule has 1 atom stereocenters. The van der Waals surface area contributed by atoms with Crippen LogP contribution in [-0.4, -0.2) is 23.7 Å². The first-order valence-electron chi connectivity index (χ1n) is 6.48. The van der Waals surface area contributed by atoms with Crippen LogP contribution in [0.1, 0.15) is 5.56 Å². The van der Waals surface area contributed by atoms with E-state index in [4.69, 9.17) is 16.0 Å². The van der Waals surface area contributed by atoms with Crippen LogP contribution in [0, 0.1) is 11.6 Å². The zero-order valence-electron chi connectivity index (χ0n) is 12.1. The van der Waals surface area contributed by atoms with Crippen LogP contribution in [0.2, 0.25) is 19.6 Å². The zero-order chi connectivity index (χ0) is 15.7. The Morgan fingerprint density at radius 1 is 1.33 bits per heavy atom. The van der Waals surface area contributed by atoms with Gasteiger partial charge in [-0.2, -0.15) is 0 Å². The predicted octanol–water partition coefficient (Wildman–Crippen LogP) is 3.95. The topological polar surface area (TPSA) is 27.1 Å². The Hall–Kier alpha value is -1.24. The summed E-state index contributed by atoms with van der Waals surface area (Å²) in [5, 5.41) is 0. The molecule has 2 rings (SSSR count). The van der Waals surface area contributed by atoms with Crippen molar-refractivity contribution in [2.75, 3.05) is 5.88 Å². The highest BCUT2D eigenvalue weighted by Gasteiger charge is 2.41. The molecule has 0 bridgehead atoms. The summed E-state index contributed by atoms with van der Waals surface area (Å²) in [5.74, 6) is -1.35. The highest BCUT2D eigenvalue weighted by Crippen LogP contribution is 2.34. The molecule has 7 heteroatoms. The number of halogens is 3. The smallest absolute Gasteiger partial charge is 0.187 e. The monoisotopic (exact) mass is 330 g/mol. The third-order valence-electron chi connectivity index (χ3n) is 2.93. The van der Waals surface area contributed by atoms with Crippen LogP contribution in [0.15, 0.2) is 36.9 Å². The maximum atomic E-state index is 14.3. The molecule has 0 radical (unpaired) electrons. The van der Waals surface area contributed by atoms with Crippen molar-refractivity contribution in [1.29, 1.82) is 0 Å². The third-order valence-corrected chi connectivity index (χ3v) is 4.24. The molecular formula is C14H17ClF2N2OSi. The SMILES string of the molecule is C[Si](C)(C)OC(CCl)(c1ccc(F)cc1F)n1ccnc1. The Bertz CT molecular complexity index is 616. The van der Waals surface area contributed by atoms with Gasteiger partial charge in [0, 0.05) is 24.0 Å². The number of alkyl halides is 1. The Labute approximate surface area is 128 Å². The minimum absolute atomic E-state index is 0.0177. The lowest BCUT2D eigenvalue weighted by Gasteiger charge is -2.39. The summed E-state index contributed by atoms with van der Waals surface area (Å²) in [7, 11) is -2.08. The molecule has 0 aliphatic rings. The van der Waals surface area contributed by atoms with Gasteiger partial charge in [0.25, 0.3) is 0 Å². The van der Waals surface area contributed by atoms with Gasteiger partial charge in [0.2, 0.25) is 0 Å². The van der Waals surface area contributed by atoms with E-state index in [2.05, 4.69) is 4.98 Å². The van der Waals surface area contributed by atoms with E-state index in [1.165, 1.54) is 18.5 Å². The fourth-order valence-electron chi connectivity index (χ4n) is 2.20. The first kappa shape index (κ1) is 16.1. The molecule has 0 saturated carbocycles. The van der Waals surface area contributed by atoms with Gasteiger partial charge in [0.1, 0.15) is 11.6 Å². The fourth-order valence-corrected chi connectivity index (χ4v) is 3.93.